The highest BCUT2D eigenvalue weighted by Gasteiger charge is 2.31. The number of carbonyl (C=O) groups excluding carboxylic acids is 2. The fourth-order valence-electron chi connectivity index (χ4n) is 3.98. The molecule has 0 aliphatic heterocycles. The molecule has 0 heterocycles. The van der Waals surface area contributed by atoms with E-state index in [9.17, 15) is 9.59 Å². The molecule has 0 bridgehead atoms. The lowest BCUT2D eigenvalue weighted by molar-refractivity contribution is -0.143. The minimum absolute atomic E-state index is 0.0553. The molecule has 0 fully saturated rings. The SMILES string of the molecule is CC(C)NC(=O)[C@H](Cc1ccccc1)N(Cc1cccc(Br)c1)C(=O)COc1ccc(C(C)C)cc1Br. The van der Waals surface area contributed by atoms with Crippen molar-refractivity contribution in [1.82, 2.24) is 10.2 Å². The molecule has 2 amide bonds. The topological polar surface area (TPSA) is 58.6 Å². The zero-order chi connectivity index (χ0) is 26.9. The van der Waals surface area contributed by atoms with Gasteiger partial charge in [-0.15, -0.1) is 0 Å². The van der Waals surface area contributed by atoms with Gasteiger partial charge in [-0.1, -0.05) is 78.3 Å². The fraction of sp³-hybridized carbons (Fsp3) is 0.333. The second-order valence-corrected chi connectivity index (χ2v) is 11.4. The molecule has 5 nitrogen and oxygen atoms in total. The Labute approximate surface area is 236 Å². The lowest BCUT2D eigenvalue weighted by atomic mass is 10.0. The average Bonchev–Trinajstić information content (AvgIpc) is 2.85. The van der Waals surface area contributed by atoms with Crippen LogP contribution in [0.3, 0.4) is 0 Å². The average molecular weight is 630 g/mol. The lowest BCUT2D eigenvalue weighted by Gasteiger charge is -2.32. The van der Waals surface area contributed by atoms with E-state index in [2.05, 4.69) is 51.0 Å². The molecule has 1 N–H and O–H groups in total. The Balaban J connectivity index is 1.91. The van der Waals surface area contributed by atoms with E-state index in [4.69, 9.17) is 4.74 Å². The van der Waals surface area contributed by atoms with Crippen molar-refractivity contribution in [2.45, 2.75) is 58.7 Å². The van der Waals surface area contributed by atoms with Crippen LogP contribution in [0.1, 0.15) is 50.3 Å². The number of hydrogen-bond donors (Lipinski definition) is 1. The highest BCUT2D eigenvalue weighted by Crippen LogP contribution is 2.29. The van der Waals surface area contributed by atoms with Crippen LogP contribution in [0.4, 0.5) is 0 Å². The molecular formula is C30H34Br2N2O3. The van der Waals surface area contributed by atoms with E-state index in [0.29, 0.717) is 18.1 Å². The second kappa shape index (κ2) is 13.8. The molecule has 3 rings (SSSR count). The summed E-state index contributed by atoms with van der Waals surface area (Å²) in [6, 6.07) is 22.7. The van der Waals surface area contributed by atoms with Gasteiger partial charge in [-0.2, -0.15) is 0 Å². The van der Waals surface area contributed by atoms with Crippen molar-refractivity contribution in [3.05, 3.63) is 98.4 Å². The minimum Gasteiger partial charge on any atom is -0.483 e. The van der Waals surface area contributed by atoms with Crippen molar-refractivity contribution in [3.8, 4) is 5.75 Å². The van der Waals surface area contributed by atoms with Gasteiger partial charge in [0.2, 0.25) is 5.91 Å². The first kappa shape index (κ1) is 28.9. The van der Waals surface area contributed by atoms with Gasteiger partial charge in [0.1, 0.15) is 11.8 Å². The minimum atomic E-state index is -0.702. The molecule has 196 valence electrons. The summed E-state index contributed by atoms with van der Waals surface area (Å²) in [5.74, 6) is 0.515. The van der Waals surface area contributed by atoms with Gasteiger partial charge >= 0.3 is 0 Å². The number of benzene rings is 3. The summed E-state index contributed by atoms with van der Waals surface area (Å²) in [6.45, 7) is 8.17. The summed E-state index contributed by atoms with van der Waals surface area (Å²) in [7, 11) is 0. The fourth-order valence-corrected chi connectivity index (χ4v) is 4.94. The Morgan fingerprint density at radius 2 is 1.59 bits per heavy atom. The Hall–Kier alpha value is -2.64. The number of rotatable bonds is 11. The number of amides is 2. The second-order valence-electron chi connectivity index (χ2n) is 9.65. The quantitative estimate of drug-likeness (QED) is 0.252. The maximum Gasteiger partial charge on any atom is 0.261 e. The normalized spacial score (nSPS) is 11.9. The van der Waals surface area contributed by atoms with Crippen LogP contribution in [-0.2, 0) is 22.6 Å². The van der Waals surface area contributed by atoms with Gasteiger partial charge in [0.05, 0.1) is 4.47 Å². The third kappa shape index (κ3) is 8.71. The summed E-state index contributed by atoms with van der Waals surface area (Å²) in [5, 5.41) is 3.00. The first-order valence-electron chi connectivity index (χ1n) is 12.4. The van der Waals surface area contributed by atoms with Crippen molar-refractivity contribution >= 4 is 43.7 Å². The molecule has 1 atom stereocenters. The monoisotopic (exact) mass is 628 g/mol. The van der Waals surface area contributed by atoms with Gasteiger partial charge in [0.15, 0.2) is 6.61 Å². The number of nitrogens with one attached hydrogen (secondary N) is 1. The Bertz CT molecular complexity index is 1200. The van der Waals surface area contributed by atoms with E-state index in [1.54, 1.807) is 4.90 Å². The molecule has 0 aromatic heterocycles. The molecule has 7 heteroatoms. The molecule has 0 saturated heterocycles. The van der Waals surface area contributed by atoms with Crippen molar-refractivity contribution in [2.75, 3.05) is 6.61 Å². The number of ether oxygens (including phenoxy) is 1. The molecule has 0 saturated carbocycles. The summed E-state index contributed by atoms with van der Waals surface area (Å²) in [6.07, 6.45) is 0.395. The van der Waals surface area contributed by atoms with Crippen LogP contribution in [0.5, 0.6) is 5.75 Å². The molecule has 0 aliphatic rings. The molecule has 0 radical (unpaired) electrons. The molecule has 0 spiro atoms. The van der Waals surface area contributed by atoms with Crippen LogP contribution in [0.25, 0.3) is 0 Å². The Morgan fingerprint density at radius 1 is 0.892 bits per heavy atom. The summed E-state index contributed by atoms with van der Waals surface area (Å²) in [4.78, 5) is 28.8. The first-order chi connectivity index (χ1) is 17.6. The van der Waals surface area contributed by atoms with Gasteiger partial charge in [0.25, 0.3) is 5.91 Å². The predicted molar refractivity (Wildman–Crippen MR) is 156 cm³/mol. The molecule has 0 unspecified atom stereocenters. The van der Waals surface area contributed by atoms with Gasteiger partial charge in [-0.05, 0) is 76.7 Å². The van der Waals surface area contributed by atoms with E-state index < -0.39 is 6.04 Å². The van der Waals surface area contributed by atoms with Crippen LogP contribution in [0.2, 0.25) is 0 Å². The van der Waals surface area contributed by atoms with Crippen molar-refractivity contribution in [3.63, 3.8) is 0 Å². The van der Waals surface area contributed by atoms with E-state index in [-0.39, 0.29) is 31.0 Å². The molecule has 0 aliphatic carbocycles. The maximum absolute atomic E-state index is 13.7. The van der Waals surface area contributed by atoms with Gasteiger partial charge in [-0.25, -0.2) is 0 Å². The van der Waals surface area contributed by atoms with Crippen LogP contribution in [0, 0.1) is 0 Å². The van der Waals surface area contributed by atoms with Crippen LogP contribution >= 0.6 is 31.9 Å². The van der Waals surface area contributed by atoms with Crippen LogP contribution < -0.4 is 10.1 Å². The summed E-state index contributed by atoms with van der Waals surface area (Å²) in [5.41, 5.74) is 3.07. The van der Waals surface area contributed by atoms with Crippen LogP contribution in [0.15, 0.2) is 81.7 Å². The zero-order valence-electron chi connectivity index (χ0n) is 21.7. The zero-order valence-corrected chi connectivity index (χ0v) is 24.9. The van der Waals surface area contributed by atoms with E-state index >= 15 is 0 Å². The predicted octanol–water partition coefficient (Wildman–Crippen LogP) is 6.88. The summed E-state index contributed by atoms with van der Waals surface area (Å²) < 4.78 is 7.66. The van der Waals surface area contributed by atoms with E-state index in [1.165, 1.54) is 5.56 Å². The maximum atomic E-state index is 13.7. The van der Waals surface area contributed by atoms with Crippen molar-refractivity contribution in [1.29, 1.82) is 0 Å². The number of carbonyl (C=O) groups is 2. The molecule has 3 aromatic carbocycles. The largest absolute Gasteiger partial charge is 0.483 e. The van der Waals surface area contributed by atoms with Crippen molar-refractivity contribution in [2.24, 2.45) is 0 Å². The number of halogens is 2. The Kier molecular flexibility index (Phi) is 10.8. The molecule has 37 heavy (non-hydrogen) atoms. The highest BCUT2D eigenvalue weighted by molar-refractivity contribution is 9.10. The standard InChI is InChI=1S/C30H34Br2N2O3/c1-20(2)24-13-14-28(26(32)17-24)37-19-29(35)34(18-23-11-8-12-25(31)15-23)27(30(36)33-21(3)4)16-22-9-6-5-7-10-22/h5-15,17,20-21,27H,16,18-19H2,1-4H3,(H,33,36)/t27-/m0/s1. The Morgan fingerprint density at radius 3 is 2.22 bits per heavy atom. The summed E-state index contributed by atoms with van der Waals surface area (Å²) >= 11 is 7.08. The number of hydrogen-bond acceptors (Lipinski definition) is 3. The van der Waals surface area contributed by atoms with Gasteiger partial charge in [0, 0.05) is 23.5 Å². The smallest absolute Gasteiger partial charge is 0.261 e. The third-order valence-corrected chi connectivity index (χ3v) is 7.03. The van der Waals surface area contributed by atoms with Crippen molar-refractivity contribution < 1.29 is 14.3 Å². The van der Waals surface area contributed by atoms with E-state index in [0.717, 1.165) is 20.1 Å². The molecular weight excluding hydrogens is 596 g/mol. The first-order valence-corrected chi connectivity index (χ1v) is 14.0. The van der Waals surface area contributed by atoms with Crippen LogP contribution in [-0.4, -0.2) is 35.4 Å². The van der Waals surface area contributed by atoms with Gasteiger partial charge in [-0.3, -0.25) is 9.59 Å². The van der Waals surface area contributed by atoms with E-state index in [1.807, 2.05) is 86.6 Å². The third-order valence-electron chi connectivity index (χ3n) is 5.92. The number of nitrogens with zero attached hydrogens (tertiary/aromatic N) is 1. The lowest BCUT2D eigenvalue weighted by Crippen LogP contribution is -2.52. The highest BCUT2D eigenvalue weighted by atomic mass is 79.9. The van der Waals surface area contributed by atoms with Gasteiger partial charge < -0.3 is 15.0 Å². The molecule has 3 aromatic rings.